The molecule has 3 rings (SSSR count). The summed E-state index contributed by atoms with van der Waals surface area (Å²) in [4.78, 5) is 8.57. The minimum Gasteiger partial charge on any atom is -0.379 e. The first-order valence-corrected chi connectivity index (χ1v) is 6.40. The first kappa shape index (κ1) is 11.7. The molecule has 2 aromatic rings. The number of hydrogen-bond acceptors (Lipinski definition) is 4. The van der Waals surface area contributed by atoms with Crippen LogP contribution in [0, 0.1) is 18.3 Å². The van der Waals surface area contributed by atoms with Gasteiger partial charge in [0.05, 0.1) is 17.6 Å². The number of nitrogens with zero attached hydrogens (tertiary/aromatic N) is 4. The summed E-state index contributed by atoms with van der Waals surface area (Å²) in [6.07, 6.45) is 5.87. The fraction of sp³-hybridized carbons (Fsp3) is 0.357. The van der Waals surface area contributed by atoms with Gasteiger partial charge < -0.3 is 9.88 Å². The summed E-state index contributed by atoms with van der Waals surface area (Å²) in [5.74, 6) is 1.17. The number of anilines is 1. The number of nitriles is 1. The molecule has 0 spiro atoms. The van der Waals surface area contributed by atoms with E-state index < -0.39 is 0 Å². The minimum absolute atomic E-state index is 0.385. The van der Waals surface area contributed by atoms with Crippen molar-refractivity contribution in [3.8, 4) is 6.07 Å². The van der Waals surface area contributed by atoms with Gasteiger partial charge >= 0.3 is 0 Å². The lowest BCUT2D eigenvalue weighted by Crippen LogP contribution is -2.31. The van der Waals surface area contributed by atoms with Crippen LogP contribution in [0.15, 0.2) is 24.5 Å². The van der Waals surface area contributed by atoms with E-state index in [0.717, 1.165) is 30.8 Å². The Hall–Kier alpha value is -2.35. The van der Waals surface area contributed by atoms with Crippen molar-refractivity contribution in [2.45, 2.75) is 32.4 Å². The predicted octanol–water partition coefficient (Wildman–Crippen LogP) is 1.89. The van der Waals surface area contributed by atoms with E-state index in [4.69, 9.17) is 5.26 Å². The molecule has 3 heterocycles. The Morgan fingerprint density at radius 1 is 1.47 bits per heavy atom. The van der Waals surface area contributed by atoms with Crippen LogP contribution in [0.5, 0.6) is 0 Å². The summed E-state index contributed by atoms with van der Waals surface area (Å²) in [5.41, 5.74) is 2.49. The molecule has 2 aromatic heterocycles. The number of nitrogens with one attached hydrogen (secondary N) is 1. The van der Waals surface area contributed by atoms with E-state index in [1.165, 1.54) is 5.82 Å². The zero-order valence-corrected chi connectivity index (χ0v) is 10.8. The van der Waals surface area contributed by atoms with E-state index in [-0.39, 0.29) is 0 Å². The number of rotatable bonds is 2. The van der Waals surface area contributed by atoms with Gasteiger partial charge in [0, 0.05) is 25.2 Å². The molecule has 1 N–H and O–H groups in total. The third-order valence-corrected chi connectivity index (χ3v) is 3.36. The van der Waals surface area contributed by atoms with Gasteiger partial charge in [-0.3, -0.25) is 0 Å². The lowest BCUT2D eigenvalue weighted by molar-refractivity contribution is 0.476. The molecule has 96 valence electrons. The van der Waals surface area contributed by atoms with Gasteiger partial charge in [-0.05, 0) is 25.5 Å². The van der Waals surface area contributed by atoms with Crippen molar-refractivity contribution < 1.29 is 0 Å². The number of fused-ring (bicyclic) bond motifs is 1. The van der Waals surface area contributed by atoms with Crippen molar-refractivity contribution >= 4 is 5.69 Å². The first-order valence-electron chi connectivity index (χ1n) is 6.40. The molecule has 1 aliphatic rings. The van der Waals surface area contributed by atoms with Crippen LogP contribution in [0.4, 0.5) is 5.69 Å². The van der Waals surface area contributed by atoms with Crippen molar-refractivity contribution in [1.29, 1.82) is 5.26 Å². The standard InChI is InChI=1S/C14H15N5/c1-10-8-19-9-13(4-5-14(19)17-10)18-12-3-2-11(6-15)16-7-12/h2-3,7-8,13,18H,4-5,9H2,1H3/t13-/m1/s1. The largest absolute Gasteiger partial charge is 0.379 e. The predicted molar refractivity (Wildman–Crippen MR) is 71.6 cm³/mol. The second-order valence-electron chi connectivity index (χ2n) is 4.87. The molecule has 0 saturated carbocycles. The second-order valence-corrected chi connectivity index (χ2v) is 4.87. The van der Waals surface area contributed by atoms with Gasteiger partial charge in [0.15, 0.2) is 0 Å². The zero-order valence-electron chi connectivity index (χ0n) is 10.8. The van der Waals surface area contributed by atoms with Crippen molar-refractivity contribution in [3.63, 3.8) is 0 Å². The maximum Gasteiger partial charge on any atom is 0.140 e. The Labute approximate surface area is 111 Å². The summed E-state index contributed by atoms with van der Waals surface area (Å²) in [6, 6.07) is 6.04. The smallest absolute Gasteiger partial charge is 0.140 e. The van der Waals surface area contributed by atoms with Crippen LogP contribution in [-0.4, -0.2) is 20.6 Å². The molecule has 0 saturated heterocycles. The Morgan fingerprint density at radius 3 is 3.11 bits per heavy atom. The Bertz CT molecular complexity index is 620. The number of aryl methyl sites for hydroxylation is 2. The summed E-state index contributed by atoms with van der Waals surface area (Å²) >= 11 is 0. The number of pyridine rings is 1. The van der Waals surface area contributed by atoms with Gasteiger partial charge in [0.1, 0.15) is 17.6 Å². The highest BCUT2D eigenvalue weighted by molar-refractivity contribution is 5.43. The molecule has 0 unspecified atom stereocenters. The average molecular weight is 253 g/mol. The molecule has 1 aliphatic heterocycles. The quantitative estimate of drug-likeness (QED) is 0.887. The average Bonchev–Trinajstić information content (AvgIpc) is 2.79. The fourth-order valence-corrected chi connectivity index (χ4v) is 2.49. The molecule has 0 fully saturated rings. The molecule has 0 bridgehead atoms. The zero-order chi connectivity index (χ0) is 13.2. The fourth-order valence-electron chi connectivity index (χ4n) is 2.49. The van der Waals surface area contributed by atoms with Crippen molar-refractivity contribution in [1.82, 2.24) is 14.5 Å². The number of hydrogen-bond donors (Lipinski definition) is 1. The summed E-state index contributed by atoms with van der Waals surface area (Å²) < 4.78 is 2.22. The Morgan fingerprint density at radius 2 is 2.37 bits per heavy atom. The van der Waals surface area contributed by atoms with Gasteiger partial charge in [-0.25, -0.2) is 9.97 Å². The molecule has 5 nitrogen and oxygen atoms in total. The van der Waals surface area contributed by atoms with E-state index in [0.29, 0.717) is 11.7 Å². The highest BCUT2D eigenvalue weighted by atomic mass is 15.1. The van der Waals surface area contributed by atoms with Crippen molar-refractivity contribution in [2.75, 3.05) is 5.32 Å². The highest BCUT2D eigenvalue weighted by Crippen LogP contribution is 2.18. The van der Waals surface area contributed by atoms with Gasteiger partial charge in [0.2, 0.25) is 0 Å². The second kappa shape index (κ2) is 4.73. The normalized spacial score (nSPS) is 17.6. The lowest BCUT2D eigenvalue weighted by atomic mass is 10.1. The van der Waals surface area contributed by atoms with Crippen molar-refractivity contribution in [2.24, 2.45) is 0 Å². The molecule has 0 aromatic carbocycles. The maximum atomic E-state index is 8.72. The van der Waals surface area contributed by atoms with Crippen LogP contribution in [0.2, 0.25) is 0 Å². The lowest BCUT2D eigenvalue weighted by Gasteiger charge is -2.25. The molecule has 0 aliphatic carbocycles. The number of imidazole rings is 1. The van der Waals surface area contributed by atoms with Crippen molar-refractivity contribution in [3.05, 3.63) is 41.7 Å². The van der Waals surface area contributed by atoms with Crippen LogP contribution in [-0.2, 0) is 13.0 Å². The van der Waals surface area contributed by atoms with Crippen LogP contribution < -0.4 is 5.32 Å². The Balaban J connectivity index is 1.70. The molecular weight excluding hydrogens is 238 g/mol. The SMILES string of the molecule is Cc1cn2c(n1)CC[C@@H](Nc1ccc(C#N)nc1)C2. The van der Waals surface area contributed by atoms with Gasteiger partial charge in [-0.1, -0.05) is 0 Å². The van der Waals surface area contributed by atoms with Crippen LogP contribution in [0.25, 0.3) is 0 Å². The molecule has 19 heavy (non-hydrogen) atoms. The molecule has 0 radical (unpaired) electrons. The van der Waals surface area contributed by atoms with Crippen LogP contribution in [0.3, 0.4) is 0 Å². The van der Waals surface area contributed by atoms with E-state index in [2.05, 4.69) is 26.0 Å². The number of aromatic nitrogens is 3. The first-order chi connectivity index (χ1) is 9.24. The summed E-state index contributed by atoms with van der Waals surface area (Å²) in [5, 5.41) is 12.2. The van der Waals surface area contributed by atoms with Gasteiger partial charge in [0.25, 0.3) is 0 Å². The van der Waals surface area contributed by atoms with Crippen LogP contribution in [0.1, 0.15) is 23.6 Å². The molecule has 0 amide bonds. The highest BCUT2D eigenvalue weighted by Gasteiger charge is 2.19. The summed E-state index contributed by atoms with van der Waals surface area (Å²) in [6.45, 7) is 2.95. The summed E-state index contributed by atoms with van der Waals surface area (Å²) in [7, 11) is 0. The molecule has 5 heteroatoms. The molecule has 1 atom stereocenters. The van der Waals surface area contributed by atoms with E-state index in [1.54, 1.807) is 12.3 Å². The van der Waals surface area contributed by atoms with E-state index in [1.807, 2.05) is 19.1 Å². The third-order valence-electron chi connectivity index (χ3n) is 3.36. The molecular formula is C14H15N5. The minimum atomic E-state index is 0.385. The van der Waals surface area contributed by atoms with Crippen LogP contribution >= 0.6 is 0 Å². The Kier molecular flexibility index (Phi) is 2.92. The maximum absolute atomic E-state index is 8.72. The monoisotopic (exact) mass is 253 g/mol. The topological polar surface area (TPSA) is 66.5 Å². The van der Waals surface area contributed by atoms with E-state index in [9.17, 15) is 0 Å². The van der Waals surface area contributed by atoms with Gasteiger partial charge in [-0.2, -0.15) is 5.26 Å². The van der Waals surface area contributed by atoms with Gasteiger partial charge in [-0.15, -0.1) is 0 Å². The van der Waals surface area contributed by atoms with E-state index >= 15 is 0 Å². The third kappa shape index (κ3) is 2.43.